The third kappa shape index (κ3) is 7.27. The van der Waals surface area contributed by atoms with Crippen molar-refractivity contribution in [3.05, 3.63) is 77.0 Å². The zero-order chi connectivity index (χ0) is 19.9. The summed E-state index contributed by atoms with van der Waals surface area (Å²) in [6.45, 7) is 12.0. The van der Waals surface area contributed by atoms with Crippen LogP contribution in [0.2, 0.25) is 0 Å². The van der Waals surface area contributed by atoms with Crippen LogP contribution in [0.5, 0.6) is 0 Å². The number of anilines is 1. The van der Waals surface area contributed by atoms with E-state index in [1.807, 2.05) is 49.4 Å². The van der Waals surface area contributed by atoms with E-state index in [1.54, 1.807) is 0 Å². The van der Waals surface area contributed by atoms with Gasteiger partial charge in [0.2, 0.25) is 0 Å². The van der Waals surface area contributed by atoms with Gasteiger partial charge in [-0.2, -0.15) is 0 Å². The van der Waals surface area contributed by atoms with Crippen LogP contribution in [-0.4, -0.2) is 12.2 Å². The topological polar surface area (TPSA) is 103 Å². The van der Waals surface area contributed by atoms with Crippen molar-refractivity contribution in [3.63, 3.8) is 0 Å². The van der Waals surface area contributed by atoms with E-state index >= 15 is 0 Å². The minimum atomic E-state index is -0.152. The molecule has 0 fully saturated rings. The molecule has 0 heterocycles. The van der Waals surface area contributed by atoms with Crippen LogP contribution >= 0.6 is 0 Å². The van der Waals surface area contributed by atoms with Crippen molar-refractivity contribution in [2.75, 3.05) is 5.32 Å². The maximum atomic E-state index is 12.4. The molecule has 0 bridgehead atoms. The van der Waals surface area contributed by atoms with Gasteiger partial charge >= 0.3 is 0 Å². The van der Waals surface area contributed by atoms with Crippen molar-refractivity contribution in [3.8, 4) is 0 Å². The van der Waals surface area contributed by atoms with E-state index < -0.39 is 0 Å². The molecule has 0 unspecified atom stereocenters. The van der Waals surface area contributed by atoms with Gasteiger partial charge in [0.1, 0.15) is 0 Å². The van der Waals surface area contributed by atoms with Crippen LogP contribution in [0.3, 0.4) is 0 Å². The van der Waals surface area contributed by atoms with Gasteiger partial charge in [-0.05, 0) is 47.2 Å². The second-order valence-corrected chi connectivity index (χ2v) is 6.90. The Bertz CT molecular complexity index is 793. The number of nitrogens with two attached hydrogens (primary N) is 1. The van der Waals surface area contributed by atoms with E-state index in [-0.39, 0.29) is 49.7 Å². The molecular weight excluding hydrogens is 413 g/mol. The molecule has 0 aliphatic heterocycles. The Morgan fingerprint density at radius 3 is 2.15 bits per heavy atom. The second-order valence-electron chi connectivity index (χ2n) is 6.90. The standard InChI is InChI=1S/C20H23N2O.CH4N2.Y/c1-13-17(14(2)21)7-6-8-18(13)22-19(23)15-9-11-16(12-10-15)20(3,4)5;2-1-3;/h6-12,21H,2H2,1,3-5H3,(H,22,23);1H,(H3,2,3);/q-1;;. The molecule has 5 nitrogen and oxygen atoms in total. The monoisotopic (exact) mass is 440 g/mol. The van der Waals surface area contributed by atoms with E-state index in [9.17, 15) is 4.79 Å². The quantitative estimate of drug-likeness (QED) is 0.456. The molecule has 0 aliphatic rings. The van der Waals surface area contributed by atoms with E-state index in [1.165, 1.54) is 5.56 Å². The molecule has 1 amide bonds. The molecule has 1 radical (unpaired) electrons. The zero-order valence-electron chi connectivity index (χ0n) is 16.4. The average Bonchev–Trinajstić information content (AvgIpc) is 2.56. The predicted molar refractivity (Wildman–Crippen MR) is 111 cm³/mol. The number of carbonyl (C=O) groups is 1. The summed E-state index contributed by atoms with van der Waals surface area (Å²) in [6, 6.07) is 13.2. The van der Waals surface area contributed by atoms with Crippen LogP contribution in [0, 0.1) is 12.3 Å². The molecule has 0 spiro atoms. The fraction of sp³-hybridized carbons (Fsp3) is 0.238. The van der Waals surface area contributed by atoms with Gasteiger partial charge in [0, 0.05) is 44.0 Å². The van der Waals surface area contributed by atoms with Gasteiger partial charge in [-0.15, -0.1) is 12.3 Å². The van der Waals surface area contributed by atoms with Crippen molar-refractivity contribution in [2.45, 2.75) is 33.1 Å². The van der Waals surface area contributed by atoms with Crippen molar-refractivity contribution >= 4 is 23.6 Å². The predicted octanol–water partition coefficient (Wildman–Crippen LogP) is 5.12. The van der Waals surface area contributed by atoms with Crippen molar-refractivity contribution in [1.29, 1.82) is 5.41 Å². The van der Waals surface area contributed by atoms with Crippen LogP contribution in [-0.2, 0) is 38.1 Å². The summed E-state index contributed by atoms with van der Waals surface area (Å²) < 4.78 is 0. The fourth-order valence-electron chi connectivity index (χ4n) is 2.41. The summed E-state index contributed by atoms with van der Waals surface area (Å²) in [5.74, 6) is -0.152. The summed E-state index contributed by atoms with van der Waals surface area (Å²) in [5.41, 5.74) is 16.5. The Kier molecular flexibility index (Phi) is 10.2. The molecule has 0 aromatic heterocycles. The number of rotatable bonds is 3. The minimum absolute atomic E-state index is 0. The molecule has 27 heavy (non-hydrogen) atoms. The molecule has 0 saturated carbocycles. The van der Waals surface area contributed by atoms with Gasteiger partial charge in [0.25, 0.3) is 5.91 Å². The molecule has 2 rings (SSSR count). The van der Waals surface area contributed by atoms with Gasteiger partial charge < -0.3 is 16.8 Å². The van der Waals surface area contributed by atoms with Gasteiger partial charge in [-0.1, -0.05) is 45.0 Å². The molecular formula is C21H27N4OY-. The van der Waals surface area contributed by atoms with Gasteiger partial charge in [-0.25, -0.2) is 0 Å². The maximum Gasteiger partial charge on any atom is 0.255 e. The third-order valence-corrected chi connectivity index (χ3v) is 3.92. The summed E-state index contributed by atoms with van der Waals surface area (Å²) in [5, 5.41) is 8.78. The first-order chi connectivity index (χ1) is 12.1. The largest absolute Gasteiger partial charge is 0.699 e. The molecule has 0 atom stereocenters. The molecule has 141 valence electrons. The molecule has 6 heteroatoms. The fourth-order valence-corrected chi connectivity index (χ4v) is 2.41. The SMILES string of the molecule is C=C([NH-])c1cccc(NC(=O)c2ccc(C(C)(C)C)cc2)c1C.N=CN.[Y]. The Labute approximate surface area is 187 Å². The molecule has 0 aliphatic carbocycles. The number of benzene rings is 2. The Hall–Kier alpha value is -1.98. The summed E-state index contributed by atoms with van der Waals surface area (Å²) in [4.78, 5) is 12.4. The summed E-state index contributed by atoms with van der Waals surface area (Å²) in [6.07, 6.45) is 0.750. The van der Waals surface area contributed by atoms with Crippen LogP contribution in [0.15, 0.2) is 49.0 Å². The first kappa shape index (κ1) is 25.0. The molecule has 0 saturated heterocycles. The van der Waals surface area contributed by atoms with Crippen LogP contribution < -0.4 is 11.1 Å². The normalized spacial score (nSPS) is 9.93. The first-order valence-corrected chi connectivity index (χ1v) is 8.25. The third-order valence-electron chi connectivity index (χ3n) is 3.92. The number of nitrogens with one attached hydrogen (secondary N) is 3. The molecule has 2 aromatic rings. The Morgan fingerprint density at radius 1 is 1.19 bits per heavy atom. The van der Waals surface area contributed by atoms with E-state index in [2.05, 4.69) is 38.4 Å². The van der Waals surface area contributed by atoms with Crippen molar-refractivity contribution in [2.24, 2.45) is 5.73 Å². The summed E-state index contributed by atoms with van der Waals surface area (Å²) >= 11 is 0. The van der Waals surface area contributed by atoms with Crippen LogP contribution in [0.4, 0.5) is 5.69 Å². The van der Waals surface area contributed by atoms with Gasteiger partial charge in [0.05, 0.1) is 6.34 Å². The summed E-state index contributed by atoms with van der Waals surface area (Å²) in [7, 11) is 0. The van der Waals surface area contributed by atoms with Gasteiger partial charge in [-0.3, -0.25) is 10.2 Å². The van der Waals surface area contributed by atoms with E-state index in [0.717, 1.165) is 17.5 Å². The molecule has 2 aromatic carbocycles. The average molecular weight is 440 g/mol. The van der Waals surface area contributed by atoms with E-state index in [4.69, 9.17) is 11.1 Å². The second kappa shape index (κ2) is 11.0. The number of hydrogen-bond donors (Lipinski definition) is 3. The Balaban J connectivity index is 0.00000158. The van der Waals surface area contributed by atoms with Crippen molar-refractivity contribution < 1.29 is 37.5 Å². The van der Waals surface area contributed by atoms with Gasteiger partial charge in [0.15, 0.2) is 0 Å². The number of amides is 1. The van der Waals surface area contributed by atoms with Crippen LogP contribution in [0.1, 0.15) is 47.8 Å². The van der Waals surface area contributed by atoms with E-state index in [0.29, 0.717) is 11.3 Å². The van der Waals surface area contributed by atoms with Crippen LogP contribution in [0.25, 0.3) is 11.4 Å². The smallest absolute Gasteiger partial charge is 0.255 e. The first-order valence-electron chi connectivity index (χ1n) is 8.25. The minimum Gasteiger partial charge on any atom is -0.699 e. The zero-order valence-corrected chi connectivity index (χ0v) is 19.2. The number of carbonyl (C=O) groups excluding carboxylic acids is 1. The number of hydrogen-bond acceptors (Lipinski definition) is 2. The van der Waals surface area contributed by atoms with Crippen molar-refractivity contribution in [1.82, 2.24) is 0 Å². The maximum absolute atomic E-state index is 12.4. The molecule has 5 N–H and O–H groups in total. The Morgan fingerprint density at radius 2 is 1.70 bits per heavy atom.